The van der Waals surface area contributed by atoms with E-state index < -0.39 is 29.1 Å². The number of nitrogens with zero attached hydrogens (tertiary/aromatic N) is 1. The Kier molecular flexibility index (Phi) is 6.58. The molecule has 1 aliphatic heterocycles. The van der Waals surface area contributed by atoms with Gasteiger partial charge in [-0.25, -0.2) is 4.39 Å². The molecule has 1 heterocycles. The second-order valence-corrected chi connectivity index (χ2v) is 8.60. The van der Waals surface area contributed by atoms with E-state index in [1.165, 1.54) is 12.1 Å². The minimum atomic E-state index is -0.681. The van der Waals surface area contributed by atoms with Gasteiger partial charge in [-0.1, -0.05) is 26.0 Å². The average molecular weight is 436 g/mol. The van der Waals surface area contributed by atoms with Gasteiger partial charge >= 0.3 is 0 Å². The van der Waals surface area contributed by atoms with Crippen molar-refractivity contribution in [1.82, 2.24) is 10.6 Å². The summed E-state index contributed by atoms with van der Waals surface area (Å²) >= 11 is 0. The van der Waals surface area contributed by atoms with Crippen LogP contribution in [0.1, 0.15) is 54.7 Å². The molecule has 0 spiro atoms. The van der Waals surface area contributed by atoms with E-state index in [-0.39, 0.29) is 29.6 Å². The Labute approximate surface area is 186 Å². The maximum Gasteiger partial charge on any atom is 0.253 e. The number of benzene rings is 2. The first-order valence-electron chi connectivity index (χ1n) is 10.3. The van der Waals surface area contributed by atoms with Gasteiger partial charge in [0.2, 0.25) is 11.8 Å². The number of rotatable bonds is 5. The molecule has 3 amide bonds. The predicted octanol–water partition coefficient (Wildman–Crippen LogP) is 3.29. The topological polar surface area (TPSA) is 111 Å². The fraction of sp³-hybridized carbons (Fsp3) is 0.333. The van der Waals surface area contributed by atoms with Crippen LogP contribution < -0.4 is 16.0 Å². The molecule has 166 valence electrons. The molecule has 2 aromatic carbocycles. The van der Waals surface area contributed by atoms with E-state index in [0.717, 1.165) is 11.6 Å². The Morgan fingerprint density at radius 2 is 1.91 bits per heavy atom. The van der Waals surface area contributed by atoms with Crippen molar-refractivity contribution in [3.05, 3.63) is 65.0 Å². The highest BCUT2D eigenvalue weighted by Crippen LogP contribution is 2.30. The van der Waals surface area contributed by atoms with Gasteiger partial charge < -0.3 is 16.0 Å². The summed E-state index contributed by atoms with van der Waals surface area (Å²) in [5, 5.41) is 17.2. The van der Waals surface area contributed by atoms with Gasteiger partial charge in [-0.05, 0) is 49.2 Å². The Hall–Kier alpha value is -3.73. The van der Waals surface area contributed by atoms with Crippen molar-refractivity contribution in [2.75, 3.05) is 11.9 Å². The van der Waals surface area contributed by atoms with Gasteiger partial charge in [-0.2, -0.15) is 5.26 Å². The smallest absolute Gasteiger partial charge is 0.253 e. The summed E-state index contributed by atoms with van der Waals surface area (Å²) in [6, 6.07) is 12.0. The zero-order chi connectivity index (χ0) is 23.5. The minimum absolute atomic E-state index is 0.00190. The SMILES string of the molecule is CC(NC(=O)c1cc(F)ccc1NC(=O)C1CNC(=O)C(C)(C)C1)c1ccc(C#N)cc1. The Morgan fingerprint density at radius 3 is 2.53 bits per heavy atom. The number of hydrogen-bond acceptors (Lipinski definition) is 4. The largest absolute Gasteiger partial charge is 0.355 e. The molecule has 0 aliphatic carbocycles. The molecular weight excluding hydrogens is 411 g/mol. The lowest BCUT2D eigenvalue weighted by atomic mass is 9.78. The van der Waals surface area contributed by atoms with Crippen LogP contribution in [0.5, 0.6) is 0 Å². The molecule has 2 aromatic rings. The van der Waals surface area contributed by atoms with E-state index in [1.807, 2.05) is 6.07 Å². The number of halogens is 1. The molecule has 1 fully saturated rings. The molecule has 1 saturated heterocycles. The van der Waals surface area contributed by atoms with Crippen LogP contribution >= 0.6 is 0 Å². The highest BCUT2D eigenvalue weighted by Gasteiger charge is 2.38. The monoisotopic (exact) mass is 436 g/mol. The van der Waals surface area contributed by atoms with Gasteiger partial charge in [0.05, 0.1) is 34.8 Å². The standard InChI is InChI=1S/C24H25FN4O3/c1-14(16-6-4-15(12-26)5-7-16)28-22(31)19-10-18(25)8-9-20(19)29-21(30)17-11-24(2,3)23(32)27-13-17/h4-10,14,17H,11,13H2,1-3H3,(H,27,32)(H,28,31)(H,29,30). The normalized spacial score (nSPS) is 18.1. The van der Waals surface area contributed by atoms with Crippen molar-refractivity contribution in [3.63, 3.8) is 0 Å². The van der Waals surface area contributed by atoms with E-state index in [9.17, 15) is 18.8 Å². The number of nitrogens with one attached hydrogen (secondary N) is 3. The Bertz CT molecular complexity index is 1090. The number of anilines is 1. The first-order chi connectivity index (χ1) is 15.1. The highest BCUT2D eigenvalue weighted by atomic mass is 19.1. The Balaban J connectivity index is 1.75. The maximum atomic E-state index is 13.9. The predicted molar refractivity (Wildman–Crippen MR) is 117 cm³/mol. The summed E-state index contributed by atoms with van der Waals surface area (Å²) in [7, 11) is 0. The van der Waals surface area contributed by atoms with Crippen LogP contribution in [0.25, 0.3) is 0 Å². The molecule has 3 N–H and O–H groups in total. The third kappa shape index (κ3) is 5.11. The molecule has 3 rings (SSSR count). The highest BCUT2D eigenvalue weighted by molar-refractivity contribution is 6.04. The second-order valence-electron chi connectivity index (χ2n) is 8.60. The van der Waals surface area contributed by atoms with Gasteiger partial charge in [0.1, 0.15) is 5.82 Å². The van der Waals surface area contributed by atoms with Crippen molar-refractivity contribution in [1.29, 1.82) is 5.26 Å². The summed E-state index contributed by atoms with van der Waals surface area (Å²) in [5.41, 5.74) is 0.789. The molecule has 0 saturated carbocycles. The number of hydrogen-bond donors (Lipinski definition) is 3. The third-order valence-corrected chi connectivity index (χ3v) is 5.62. The molecule has 8 heteroatoms. The van der Waals surface area contributed by atoms with Crippen molar-refractivity contribution < 1.29 is 18.8 Å². The van der Waals surface area contributed by atoms with Crippen LogP contribution in [0.4, 0.5) is 10.1 Å². The summed E-state index contributed by atoms with van der Waals surface area (Å²) in [4.78, 5) is 37.6. The first-order valence-corrected chi connectivity index (χ1v) is 10.3. The lowest BCUT2D eigenvalue weighted by Crippen LogP contribution is -2.49. The van der Waals surface area contributed by atoms with Crippen LogP contribution in [-0.2, 0) is 9.59 Å². The van der Waals surface area contributed by atoms with Gasteiger partial charge in [0.25, 0.3) is 5.91 Å². The number of nitriles is 1. The summed E-state index contributed by atoms with van der Waals surface area (Å²) in [5.74, 6) is -2.08. The third-order valence-electron chi connectivity index (χ3n) is 5.62. The quantitative estimate of drug-likeness (QED) is 0.668. The molecule has 7 nitrogen and oxygen atoms in total. The Morgan fingerprint density at radius 1 is 1.22 bits per heavy atom. The molecule has 2 unspecified atom stereocenters. The molecule has 0 bridgehead atoms. The van der Waals surface area contributed by atoms with Crippen molar-refractivity contribution in [2.45, 2.75) is 33.2 Å². The van der Waals surface area contributed by atoms with Crippen molar-refractivity contribution in [3.8, 4) is 6.07 Å². The summed E-state index contributed by atoms with van der Waals surface area (Å²) < 4.78 is 13.9. The zero-order valence-corrected chi connectivity index (χ0v) is 18.2. The number of amides is 3. The van der Waals surface area contributed by atoms with Gasteiger partial charge in [0.15, 0.2) is 0 Å². The van der Waals surface area contributed by atoms with Crippen LogP contribution in [0.3, 0.4) is 0 Å². The van der Waals surface area contributed by atoms with Gasteiger partial charge in [-0.3, -0.25) is 14.4 Å². The maximum absolute atomic E-state index is 13.9. The van der Waals surface area contributed by atoms with E-state index in [4.69, 9.17) is 5.26 Å². The lowest BCUT2D eigenvalue weighted by Gasteiger charge is -2.33. The van der Waals surface area contributed by atoms with Crippen LogP contribution in [0.15, 0.2) is 42.5 Å². The fourth-order valence-corrected chi connectivity index (χ4v) is 3.67. The number of carbonyl (C=O) groups is 3. The summed E-state index contributed by atoms with van der Waals surface area (Å²) in [6.45, 7) is 5.50. The molecule has 1 aliphatic rings. The summed E-state index contributed by atoms with van der Waals surface area (Å²) in [6.07, 6.45) is 0.364. The van der Waals surface area contributed by atoms with Gasteiger partial charge in [0, 0.05) is 12.0 Å². The van der Waals surface area contributed by atoms with E-state index >= 15 is 0 Å². The van der Waals surface area contributed by atoms with E-state index in [0.29, 0.717) is 12.0 Å². The molecule has 0 radical (unpaired) electrons. The minimum Gasteiger partial charge on any atom is -0.355 e. The molecule has 0 aromatic heterocycles. The fourth-order valence-electron chi connectivity index (χ4n) is 3.67. The van der Waals surface area contributed by atoms with Crippen LogP contribution in [-0.4, -0.2) is 24.3 Å². The first kappa shape index (κ1) is 22.9. The second kappa shape index (κ2) is 9.18. The average Bonchev–Trinajstić information content (AvgIpc) is 2.76. The van der Waals surface area contributed by atoms with Crippen LogP contribution in [0, 0.1) is 28.5 Å². The zero-order valence-electron chi connectivity index (χ0n) is 18.2. The molecule has 2 atom stereocenters. The van der Waals surface area contributed by atoms with Crippen molar-refractivity contribution >= 4 is 23.4 Å². The van der Waals surface area contributed by atoms with Gasteiger partial charge in [-0.15, -0.1) is 0 Å². The number of piperidine rings is 1. The van der Waals surface area contributed by atoms with Crippen LogP contribution in [0.2, 0.25) is 0 Å². The van der Waals surface area contributed by atoms with E-state index in [2.05, 4.69) is 16.0 Å². The molecule has 32 heavy (non-hydrogen) atoms. The molecular formula is C24H25FN4O3. The lowest BCUT2D eigenvalue weighted by molar-refractivity contribution is -0.135. The number of carbonyl (C=O) groups excluding carboxylic acids is 3. The van der Waals surface area contributed by atoms with Crippen molar-refractivity contribution in [2.24, 2.45) is 11.3 Å². The van der Waals surface area contributed by atoms with E-state index in [1.54, 1.807) is 45.0 Å².